The van der Waals surface area contributed by atoms with E-state index in [1.165, 1.54) is 5.56 Å². The third-order valence-electron chi connectivity index (χ3n) is 3.73. The zero-order chi connectivity index (χ0) is 13.9. The second-order valence-electron chi connectivity index (χ2n) is 5.04. The molecule has 0 saturated carbocycles. The fourth-order valence-corrected chi connectivity index (χ4v) is 2.57. The summed E-state index contributed by atoms with van der Waals surface area (Å²) in [5.74, 6) is 0.873. The van der Waals surface area contributed by atoms with Gasteiger partial charge in [-0.1, -0.05) is 36.4 Å². The van der Waals surface area contributed by atoms with Crippen molar-refractivity contribution in [3.8, 4) is 5.75 Å². The van der Waals surface area contributed by atoms with Crippen LogP contribution in [0.3, 0.4) is 0 Å². The van der Waals surface area contributed by atoms with Gasteiger partial charge in [-0.15, -0.1) is 0 Å². The van der Waals surface area contributed by atoms with E-state index in [4.69, 9.17) is 9.47 Å². The van der Waals surface area contributed by atoms with Gasteiger partial charge < -0.3 is 14.4 Å². The summed E-state index contributed by atoms with van der Waals surface area (Å²) in [7, 11) is 3.80. The summed E-state index contributed by atoms with van der Waals surface area (Å²) in [6.45, 7) is 0.827. The molecule has 0 bridgehead atoms. The van der Waals surface area contributed by atoms with E-state index in [0.29, 0.717) is 0 Å². The first-order chi connectivity index (χ1) is 9.79. The van der Waals surface area contributed by atoms with Crippen molar-refractivity contribution < 1.29 is 9.47 Å². The summed E-state index contributed by atoms with van der Waals surface area (Å²) >= 11 is 0. The lowest BCUT2D eigenvalue weighted by Gasteiger charge is -2.29. The third-order valence-corrected chi connectivity index (χ3v) is 3.73. The van der Waals surface area contributed by atoms with Crippen molar-refractivity contribution in [2.75, 3.05) is 25.7 Å². The molecule has 0 aromatic heterocycles. The minimum absolute atomic E-state index is 0.239. The van der Waals surface area contributed by atoms with Gasteiger partial charge in [-0.3, -0.25) is 0 Å². The number of ether oxygens (including phenoxy) is 2. The number of anilines is 1. The minimum Gasteiger partial charge on any atom is -0.497 e. The number of hydrogen-bond donors (Lipinski definition) is 0. The predicted molar refractivity (Wildman–Crippen MR) is 80.3 cm³/mol. The lowest BCUT2D eigenvalue weighted by molar-refractivity contribution is 0.370. The molecular formula is C17H19NO2. The van der Waals surface area contributed by atoms with Crippen LogP contribution in [-0.4, -0.2) is 26.9 Å². The van der Waals surface area contributed by atoms with Gasteiger partial charge in [0.05, 0.1) is 19.8 Å². The molecule has 0 radical (unpaired) electrons. The first-order valence-electron chi connectivity index (χ1n) is 6.83. The monoisotopic (exact) mass is 269 g/mol. The Kier molecular flexibility index (Phi) is 3.61. The Hall–Kier alpha value is -2.00. The minimum atomic E-state index is 0.239. The van der Waals surface area contributed by atoms with Crippen LogP contribution in [0, 0.1) is 0 Å². The van der Waals surface area contributed by atoms with Crippen molar-refractivity contribution in [1.29, 1.82) is 0 Å². The molecular weight excluding hydrogens is 250 g/mol. The molecule has 1 saturated heterocycles. The van der Waals surface area contributed by atoms with Gasteiger partial charge >= 0.3 is 0 Å². The van der Waals surface area contributed by atoms with E-state index in [1.807, 2.05) is 18.2 Å². The van der Waals surface area contributed by atoms with Crippen molar-refractivity contribution >= 4 is 5.69 Å². The SMILES string of the molecule is COc1cccc(N(C)[C@H](c2ccccc2)[C@H]2CO2)c1. The smallest absolute Gasteiger partial charge is 0.120 e. The lowest BCUT2D eigenvalue weighted by Crippen LogP contribution is -2.28. The highest BCUT2D eigenvalue weighted by molar-refractivity contribution is 5.52. The maximum Gasteiger partial charge on any atom is 0.120 e. The Morgan fingerprint density at radius 1 is 1.15 bits per heavy atom. The van der Waals surface area contributed by atoms with Crippen LogP contribution in [0.1, 0.15) is 11.6 Å². The zero-order valence-electron chi connectivity index (χ0n) is 11.8. The van der Waals surface area contributed by atoms with Crippen molar-refractivity contribution in [2.24, 2.45) is 0 Å². The molecule has 3 heteroatoms. The molecule has 0 aliphatic carbocycles. The molecule has 3 rings (SSSR count). The third kappa shape index (κ3) is 2.63. The average Bonchev–Trinajstić information content (AvgIpc) is 3.33. The van der Waals surface area contributed by atoms with Gasteiger partial charge in [-0.25, -0.2) is 0 Å². The number of benzene rings is 2. The molecule has 1 aliphatic heterocycles. The fourth-order valence-electron chi connectivity index (χ4n) is 2.57. The maximum absolute atomic E-state index is 5.55. The Morgan fingerprint density at radius 3 is 2.55 bits per heavy atom. The van der Waals surface area contributed by atoms with Gasteiger partial charge in [-0.05, 0) is 17.7 Å². The maximum atomic E-state index is 5.55. The van der Waals surface area contributed by atoms with E-state index in [1.54, 1.807) is 7.11 Å². The second kappa shape index (κ2) is 5.55. The topological polar surface area (TPSA) is 25.0 Å². The van der Waals surface area contributed by atoms with Gasteiger partial charge in [0.1, 0.15) is 11.9 Å². The molecule has 0 amide bonds. The Morgan fingerprint density at radius 2 is 1.90 bits per heavy atom. The first kappa shape index (κ1) is 13.0. The highest BCUT2D eigenvalue weighted by atomic mass is 16.6. The summed E-state index contributed by atoms with van der Waals surface area (Å²) in [4.78, 5) is 2.26. The van der Waals surface area contributed by atoms with Gasteiger partial charge in [0.2, 0.25) is 0 Å². The highest BCUT2D eigenvalue weighted by Gasteiger charge is 2.36. The van der Waals surface area contributed by atoms with Crippen LogP contribution in [0.5, 0.6) is 5.75 Å². The number of hydrogen-bond acceptors (Lipinski definition) is 3. The van der Waals surface area contributed by atoms with E-state index in [2.05, 4.69) is 48.3 Å². The van der Waals surface area contributed by atoms with E-state index >= 15 is 0 Å². The molecule has 0 N–H and O–H groups in total. The number of rotatable bonds is 5. The Bertz CT molecular complexity index is 566. The second-order valence-corrected chi connectivity index (χ2v) is 5.04. The number of epoxide rings is 1. The molecule has 20 heavy (non-hydrogen) atoms. The zero-order valence-corrected chi connectivity index (χ0v) is 11.8. The van der Waals surface area contributed by atoms with Gasteiger partial charge in [0.15, 0.2) is 0 Å². The van der Waals surface area contributed by atoms with Crippen LogP contribution >= 0.6 is 0 Å². The van der Waals surface area contributed by atoms with Crippen LogP contribution in [-0.2, 0) is 4.74 Å². The van der Waals surface area contributed by atoms with Gasteiger partial charge in [0.25, 0.3) is 0 Å². The van der Waals surface area contributed by atoms with E-state index in [-0.39, 0.29) is 12.1 Å². The number of likely N-dealkylation sites (N-methyl/N-ethyl adjacent to an activating group) is 1. The van der Waals surface area contributed by atoms with Crippen LogP contribution in [0.4, 0.5) is 5.69 Å². The molecule has 0 spiro atoms. The molecule has 2 aromatic carbocycles. The molecule has 2 aromatic rings. The average molecular weight is 269 g/mol. The molecule has 0 unspecified atom stereocenters. The summed E-state index contributed by atoms with van der Waals surface area (Å²) in [6, 6.07) is 18.9. The normalized spacial score (nSPS) is 18.4. The molecule has 1 aliphatic rings. The largest absolute Gasteiger partial charge is 0.497 e. The summed E-state index contributed by atoms with van der Waals surface area (Å²) in [5.41, 5.74) is 2.41. The fraction of sp³-hybridized carbons (Fsp3) is 0.294. The van der Waals surface area contributed by atoms with Crippen molar-refractivity contribution in [3.63, 3.8) is 0 Å². The quantitative estimate of drug-likeness (QED) is 0.779. The van der Waals surface area contributed by atoms with Crippen LogP contribution in [0.15, 0.2) is 54.6 Å². The van der Waals surface area contributed by atoms with Crippen molar-refractivity contribution in [1.82, 2.24) is 0 Å². The van der Waals surface area contributed by atoms with E-state index < -0.39 is 0 Å². The molecule has 104 valence electrons. The Labute approximate surface area is 119 Å². The van der Waals surface area contributed by atoms with Crippen LogP contribution < -0.4 is 9.64 Å². The van der Waals surface area contributed by atoms with E-state index in [0.717, 1.165) is 18.0 Å². The summed E-state index contributed by atoms with van der Waals surface area (Å²) in [6.07, 6.45) is 0.272. The predicted octanol–water partition coefficient (Wildman–Crippen LogP) is 3.27. The summed E-state index contributed by atoms with van der Waals surface area (Å²) in [5, 5.41) is 0. The Balaban J connectivity index is 1.91. The van der Waals surface area contributed by atoms with Gasteiger partial charge in [0, 0.05) is 18.8 Å². The van der Waals surface area contributed by atoms with Crippen molar-refractivity contribution in [2.45, 2.75) is 12.1 Å². The van der Waals surface area contributed by atoms with Crippen LogP contribution in [0.25, 0.3) is 0 Å². The standard InChI is InChI=1S/C17H19NO2/c1-18(14-9-6-10-15(11-14)19-2)17(16-12-20-16)13-7-4-3-5-8-13/h3-11,16-17H,12H2,1-2H3/t16-,17-/m1/s1. The molecule has 3 nitrogen and oxygen atoms in total. The summed E-state index contributed by atoms with van der Waals surface area (Å²) < 4.78 is 10.9. The van der Waals surface area contributed by atoms with Crippen LogP contribution in [0.2, 0.25) is 0 Å². The number of methoxy groups -OCH3 is 1. The molecule has 2 atom stereocenters. The number of nitrogens with zero attached hydrogens (tertiary/aromatic N) is 1. The van der Waals surface area contributed by atoms with Gasteiger partial charge in [-0.2, -0.15) is 0 Å². The first-order valence-corrected chi connectivity index (χ1v) is 6.83. The van der Waals surface area contributed by atoms with Crippen molar-refractivity contribution in [3.05, 3.63) is 60.2 Å². The van der Waals surface area contributed by atoms with E-state index in [9.17, 15) is 0 Å². The molecule has 1 heterocycles. The molecule has 1 fully saturated rings. The highest BCUT2D eigenvalue weighted by Crippen LogP contribution is 2.36. The lowest BCUT2D eigenvalue weighted by atomic mass is 10.0.